The minimum absolute atomic E-state index is 0.120. The van der Waals surface area contributed by atoms with E-state index in [4.69, 9.17) is 14.2 Å². The second-order valence-corrected chi connectivity index (χ2v) is 6.63. The first kappa shape index (κ1) is 21.7. The van der Waals surface area contributed by atoms with E-state index in [1.807, 2.05) is 6.92 Å². The number of carbonyl (C=O) groups is 3. The van der Waals surface area contributed by atoms with Crippen LogP contribution in [-0.2, 0) is 19.1 Å². The predicted octanol–water partition coefficient (Wildman–Crippen LogP) is 1.43. The molecular weight excluding hydrogens is 364 g/mol. The number of nitrogens with one attached hydrogen (secondary N) is 2. The second kappa shape index (κ2) is 11.3. The van der Waals surface area contributed by atoms with E-state index in [1.54, 1.807) is 31.2 Å². The molecule has 154 valence electrons. The van der Waals surface area contributed by atoms with E-state index in [0.29, 0.717) is 24.5 Å². The van der Waals surface area contributed by atoms with E-state index in [-0.39, 0.29) is 12.0 Å². The zero-order chi connectivity index (χ0) is 20.4. The Hall–Kier alpha value is -2.61. The molecule has 0 saturated carbocycles. The van der Waals surface area contributed by atoms with Crippen molar-refractivity contribution < 1.29 is 28.6 Å². The van der Waals surface area contributed by atoms with Gasteiger partial charge in [0.05, 0.1) is 11.7 Å². The van der Waals surface area contributed by atoms with Gasteiger partial charge in [-0.1, -0.05) is 6.92 Å². The fourth-order valence-electron chi connectivity index (χ4n) is 2.62. The number of hydrogen-bond donors (Lipinski definition) is 2. The molecule has 1 saturated heterocycles. The number of benzene rings is 1. The smallest absolute Gasteiger partial charge is 0.338 e. The summed E-state index contributed by atoms with van der Waals surface area (Å²) >= 11 is 0. The van der Waals surface area contributed by atoms with Crippen LogP contribution in [0.5, 0.6) is 5.75 Å². The van der Waals surface area contributed by atoms with Gasteiger partial charge in [-0.3, -0.25) is 9.59 Å². The molecule has 2 atom stereocenters. The van der Waals surface area contributed by atoms with Crippen molar-refractivity contribution in [2.24, 2.45) is 0 Å². The van der Waals surface area contributed by atoms with Crippen molar-refractivity contribution in [2.75, 3.05) is 26.4 Å². The Labute approximate surface area is 164 Å². The van der Waals surface area contributed by atoms with Gasteiger partial charge in [-0.15, -0.1) is 0 Å². The highest BCUT2D eigenvalue weighted by molar-refractivity contribution is 5.92. The zero-order valence-electron chi connectivity index (χ0n) is 16.4. The van der Waals surface area contributed by atoms with Gasteiger partial charge >= 0.3 is 5.97 Å². The highest BCUT2D eigenvalue weighted by Gasteiger charge is 2.18. The predicted molar refractivity (Wildman–Crippen MR) is 102 cm³/mol. The van der Waals surface area contributed by atoms with Gasteiger partial charge in [-0.25, -0.2) is 4.79 Å². The zero-order valence-corrected chi connectivity index (χ0v) is 16.4. The highest BCUT2D eigenvalue weighted by Crippen LogP contribution is 2.17. The van der Waals surface area contributed by atoms with Crippen LogP contribution in [0.4, 0.5) is 0 Å². The number of ether oxygens (including phenoxy) is 3. The third-order valence-corrected chi connectivity index (χ3v) is 4.20. The monoisotopic (exact) mass is 392 g/mol. The number of esters is 1. The molecule has 1 aromatic carbocycles. The average Bonchev–Trinajstić information content (AvgIpc) is 3.22. The fraction of sp³-hybridized carbons (Fsp3) is 0.550. The molecule has 0 unspecified atom stereocenters. The second-order valence-electron chi connectivity index (χ2n) is 6.63. The van der Waals surface area contributed by atoms with Crippen LogP contribution >= 0.6 is 0 Å². The van der Waals surface area contributed by atoms with Crippen molar-refractivity contribution in [2.45, 2.75) is 45.3 Å². The van der Waals surface area contributed by atoms with Crippen LogP contribution in [-0.4, -0.2) is 56.3 Å². The van der Waals surface area contributed by atoms with Crippen LogP contribution in [0.15, 0.2) is 24.3 Å². The quantitative estimate of drug-likeness (QED) is 0.584. The molecule has 0 bridgehead atoms. The Morgan fingerprint density at radius 2 is 2.00 bits per heavy atom. The molecule has 2 amide bonds. The first-order chi connectivity index (χ1) is 13.5. The summed E-state index contributed by atoms with van der Waals surface area (Å²) in [6.07, 6.45) is 2.97. The Morgan fingerprint density at radius 1 is 1.25 bits per heavy atom. The van der Waals surface area contributed by atoms with Crippen molar-refractivity contribution in [1.82, 2.24) is 10.6 Å². The van der Waals surface area contributed by atoms with Gasteiger partial charge < -0.3 is 24.8 Å². The molecule has 0 spiro atoms. The van der Waals surface area contributed by atoms with Crippen molar-refractivity contribution in [3.8, 4) is 5.75 Å². The summed E-state index contributed by atoms with van der Waals surface area (Å²) in [6.45, 7) is 4.84. The standard InChI is InChI=1S/C20H28N2O6/c1-3-10-21-19(24)14(2)22-18(23)13-28-20(25)15-6-8-16(9-7-15)27-12-17-5-4-11-26-17/h6-9,14,17H,3-5,10-13H2,1-2H3,(H,21,24)(H,22,23)/t14-,17-/m0/s1. The first-order valence-corrected chi connectivity index (χ1v) is 9.58. The molecule has 1 aliphatic rings. The number of carbonyl (C=O) groups excluding carboxylic acids is 3. The van der Waals surface area contributed by atoms with Gasteiger partial charge in [0.15, 0.2) is 6.61 Å². The maximum atomic E-state index is 12.0. The summed E-state index contributed by atoms with van der Waals surface area (Å²) in [5.41, 5.74) is 0.311. The van der Waals surface area contributed by atoms with Crippen molar-refractivity contribution in [3.63, 3.8) is 0 Å². The molecule has 28 heavy (non-hydrogen) atoms. The minimum Gasteiger partial charge on any atom is -0.491 e. The van der Waals surface area contributed by atoms with Crippen molar-refractivity contribution >= 4 is 17.8 Å². The minimum atomic E-state index is -0.696. The molecule has 1 aromatic rings. The molecule has 1 heterocycles. The Kier molecular flexibility index (Phi) is 8.74. The van der Waals surface area contributed by atoms with Gasteiger partial charge in [-0.05, 0) is 50.5 Å². The molecule has 0 aromatic heterocycles. The summed E-state index contributed by atoms with van der Waals surface area (Å²) in [7, 11) is 0. The van der Waals surface area contributed by atoms with Crippen LogP contribution in [0, 0.1) is 0 Å². The van der Waals surface area contributed by atoms with E-state index < -0.39 is 24.5 Å². The number of amides is 2. The molecule has 8 heteroatoms. The third-order valence-electron chi connectivity index (χ3n) is 4.20. The van der Waals surface area contributed by atoms with Gasteiger partial charge in [0.25, 0.3) is 5.91 Å². The highest BCUT2D eigenvalue weighted by atomic mass is 16.5. The lowest BCUT2D eigenvalue weighted by molar-refractivity contribution is -0.130. The number of rotatable bonds is 10. The molecule has 0 aliphatic carbocycles. The van der Waals surface area contributed by atoms with Crippen LogP contribution in [0.1, 0.15) is 43.5 Å². The maximum Gasteiger partial charge on any atom is 0.338 e. The van der Waals surface area contributed by atoms with E-state index in [2.05, 4.69) is 10.6 Å². The normalized spacial score (nSPS) is 16.9. The third kappa shape index (κ3) is 7.19. The number of hydrogen-bond acceptors (Lipinski definition) is 6. The van der Waals surface area contributed by atoms with Crippen LogP contribution in [0.3, 0.4) is 0 Å². The van der Waals surface area contributed by atoms with Gasteiger partial charge in [0.2, 0.25) is 5.91 Å². The van der Waals surface area contributed by atoms with E-state index in [0.717, 1.165) is 25.9 Å². The lowest BCUT2D eigenvalue weighted by Crippen LogP contribution is -2.46. The van der Waals surface area contributed by atoms with E-state index in [1.165, 1.54) is 0 Å². The summed E-state index contributed by atoms with van der Waals surface area (Å²) < 4.78 is 16.1. The van der Waals surface area contributed by atoms with Gasteiger partial charge in [-0.2, -0.15) is 0 Å². The van der Waals surface area contributed by atoms with Crippen molar-refractivity contribution in [3.05, 3.63) is 29.8 Å². The van der Waals surface area contributed by atoms with Crippen LogP contribution in [0.25, 0.3) is 0 Å². The summed E-state index contributed by atoms with van der Waals surface area (Å²) in [4.78, 5) is 35.6. The lowest BCUT2D eigenvalue weighted by atomic mass is 10.2. The SMILES string of the molecule is CCCNC(=O)[C@H](C)NC(=O)COC(=O)c1ccc(OC[C@@H]2CCCO2)cc1. The molecule has 8 nitrogen and oxygen atoms in total. The first-order valence-electron chi connectivity index (χ1n) is 9.58. The van der Waals surface area contributed by atoms with Gasteiger partial charge in [0.1, 0.15) is 18.4 Å². The molecule has 2 rings (SSSR count). The summed E-state index contributed by atoms with van der Waals surface area (Å²) in [5.74, 6) is -0.801. The average molecular weight is 392 g/mol. The molecule has 0 radical (unpaired) electrons. The molecule has 1 aliphatic heterocycles. The summed E-state index contributed by atoms with van der Waals surface area (Å²) in [5, 5.41) is 5.17. The van der Waals surface area contributed by atoms with Crippen molar-refractivity contribution in [1.29, 1.82) is 0 Å². The molecule has 2 N–H and O–H groups in total. The molecule has 1 fully saturated rings. The maximum absolute atomic E-state index is 12.0. The lowest BCUT2D eigenvalue weighted by Gasteiger charge is -2.14. The Bertz CT molecular complexity index is 655. The Morgan fingerprint density at radius 3 is 2.64 bits per heavy atom. The van der Waals surface area contributed by atoms with E-state index >= 15 is 0 Å². The summed E-state index contributed by atoms with van der Waals surface area (Å²) in [6, 6.07) is 5.80. The van der Waals surface area contributed by atoms with Gasteiger partial charge in [0, 0.05) is 13.2 Å². The van der Waals surface area contributed by atoms with E-state index in [9.17, 15) is 14.4 Å². The fourth-order valence-corrected chi connectivity index (χ4v) is 2.62. The van der Waals surface area contributed by atoms with Crippen LogP contribution in [0.2, 0.25) is 0 Å². The largest absolute Gasteiger partial charge is 0.491 e. The Balaban J connectivity index is 1.71. The van der Waals surface area contributed by atoms with Crippen LogP contribution < -0.4 is 15.4 Å². The molecular formula is C20H28N2O6. The topological polar surface area (TPSA) is 103 Å².